The number of aliphatic hydroxyl groups is 5. The first-order valence-electron chi connectivity index (χ1n) is 11.6. The smallest absolute Gasteiger partial charge is 0.343 e. The Morgan fingerprint density at radius 3 is 2.50 bits per heavy atom. The predicted molar refractivity (Wildman–Crippen MR) is 129 cm³/mol. The van der Waals surface area contributed by atoms with Crippen LogP contribution in [0.1, 0.15) is 12.1 Å². The van der Waals surface area contributed by atoms with Crippen molar-refractivity contribution in [3.05, 3.63) is 54.2 Å². The van der Waals surface area contributed by atoms with E-state index in [0.29, 0.717) is 10.9 Å². The van der Waals surface area contributed by atoms with Crippen LogP contribution in [0, 0.1) is 0 Å². The van der Waals surface area contributed by atoms with Crippen molar-refractivity contribution < 1.29 is 44.5 Å². The monoisotopic (exact) mass is 497 g/mol. The summed E-state index contributed by atoms with van der Waals surface area (Å²) >= 11 is 0. The molecule has 5 rings (SSSR count). The van der Waals surface area contributed by atoms with Gasteiger partial charge in [0.25, 0.3) is 0 Å². The van der Waals surface area contributed by atoms with Crippen LogP contribution in [0.4, 0.5) is 0 Å². The van der Waals surface area contributed by atoms with Crippen LogP contribution in [0.25, 0.3) is 32.4 Å². The van der Waals surface area contributed by atoms with Gasteiger partial charge in [-0.2, -0.15) is 0 Å². The summed E-state index contributed by atoms with van der Waals surface area (Å²) in [7, 11) is 0. The van der Waals surface area contributed by atoms with Gasteiger partial charge in [0.15, 0.2) is 11.9 Å². The minimum atomic E-state index is -2.43. The molecule has 10 nitrogen and oxygen atoms in total. The summed E-state index contributed by atoms with van der Waals surface area (Å²) in [5, 5.41) is 53.8. The molecule has 6 N–H and O–H groups in total. The molecule has 0 spiro atoms. The number of carbonyl (C=O) groups is 1. The van der Waals surface area contributed by atoms with E-state index in [9.17, 15) is 25.2 Å². The molecule has 190 valence electrons. The number of rotatable bonds is 8. The Labute approximate surface area is 205 Å². The van der Waals surface area contributed by atoms with Gasteiger partial charge in [-0.3, -0.25) is 0 Å². The van der Waals surface area contributed by atoms with Crippen LogP contribution in [-0.2, 0) is 20.9 Å². The Balaban J connectivity index is 1.56. The molecule has 1 aliphatic rings. The van der Waals surface area contributed by atoms with Gasteiger partial charge in [-0.25, -0.2) is 4.79 Å². The number of nitrogens with one attached hydrogen (secondary N) is 1. The van der Waals surface area contributed by atoms with Crippen LogP contribution in [0.5, 0.6) is 5.75 Å². The van der Waals surface area contributed by atoms with Gasteiger partial charge in [-0.05, 0) is 46.2 Å². The van der Waals surface area contributed by atoms with Crippen molar-refractivity contribution in [3.8, 4) is 5.75 Å². The zero-order chi connectivity index (χ0) is 25.4. The average molecular weight is 498 g/mol. The van der Waals surface area contributed by atoms with Crippen LogP contribution >= 0.6 is 0 Å². The van der Waals surface area contributed by atoms with E-state index in [-0.39, 0.29) is 31.1 Å². The van der Waals surface area contributed by atoms with E-state index in [0.717, 1.165) is 21.5 Å². The van der Waals surface area contributed by atoms with Crippen molar-refractivity contribution in [1.82, 2.24) is 4.98 Å². The molecule has 1 fully saturated rings. The molecule has 1 aromatic heterocycles. The highest BCUT2D eigenvalue weighted by molar-refractivity contribution is 6.14. The zero-order valence-electron chi connectivity index (χ0n) is 19.3. The molecule has 36 heavy (non-hydrogen) atoms. The van der Waals surface area contributed by atoms with Crippen molar-refractivity contribution in [2.24, 2.45) is 0 Å². The highest BCUT2D eigenvalue weighted by Gasteiger charge is 2.57. The molecular formula is C26H27NO9. The van der Waals surface area contributed by atoms with Gasteiger partial charge in [-0.1, -0.05) is 30.3 Å². The molecular weight excluding hydrogens is 470 g/mol. The Bertz CT molecular complexity index is 1420. The number of hydrogen-bond donors (Lipinski definition) is 6. The molecule has 10 heteroatoms. The van der Waals surface area contributed by atoms with Crippen LogP contribution in [0.3, 0.4) is 0 Å². The summed E-state index contributed by atoms with van der Waals surface area (Å²) in [6.07, 6.45) is -4.46. The SMILES string of the molecule is O=C(Oc1c(CO)[nH]c2ccc3cc4ccccc4cc3c12)C1OC(O)(CO)C(O)C1OCCCO. The Morgan fingerprint density at radius 2 is 1.81 bits per heavy atom. The molecule has 3 aromatic carbocycles. The van der Waals surface area contributed by atoms with Gasteiger partial charge in [0.2, 0.25) is 5.79 Å². The normalized spacial score (nSPS) is 24.2. The number of benzene rings is 3. The first-order chi connectivity index (χ1) is 17.4. The number of H-pyrrole nitrogens is 1. The van der Waals surface area contributed by atoms with Gasteiger partial charge in [0, 0.05) is 13.2 Å². The molecule has 0 radical (unpaired) electrons. The molecule has 0 amide bonds. The molecule has 4 aromatic rings. The van der Waals surface area contributed by atoms with E-state index in [1.54, 1.807) is 0 Å². The lowest BCUT2D eigenvalue weighted by atomic mass is 10.0. The van der Waals surface area contributed by atoms with E-state index >= 15 is 0 Å². The molecule has 1 saturated heterocycles. The molecule has 0 bridgehead atoms. The van der Waals surface area contributed by atoms with Gasteiger partial charge in [-0.15, -0.1) is 0 Å². The summed E-state index contributed by atoms with van der Waals surface area (Å²) < 4.78 is 16.5. The van der Waals surface area contributed by atoms with Crippen molar-refractivity contribution in [2.45, 2.75) is 37.1 Å². The lowest BCUT2D eigenvalue weighted by Gasteiger charge is -2.23. The number of aromatic amines is 1. The zero-order valence-corrected chi connectivity index (χ0v) is 19.3. The summed E-state index contributed by atoms with van der Waals surface area (Å²) in [6, 6.07) is 15.6. The number of aliphatic hydroxyl groups excluding tert-OH is 4. The lowest BCUT2D eigenvalue weighted by Crippen LogP contribution is -2.47. The minimum Gasteiger partial charge on any atom is -0.422 e. The minimum absolute atomic E-state index is 0.0282. The highest BCUT2D eigenvalue weighted by Crippen LogP contribution is 2.39. The van der Waals surface area contributed by atoms with Crippen LogP contribution in [-0.4, -0.2) is 80.4 Å². The third-order valence-corrected chi connectivity index (χ3v) is 6.51. The Kier molecular flexibility index (Phi) is 6.66. The van der Waals surface area contributed by atoms with Crippen molar-refractivity contribution in [2.75, 3.05) is 19.8 Å². The fourth-order valence-corrected chi connectivity index (χ4v) is 4.67. The summed E-state index contributed by atoms with van der Waals surface area (Å²) in [4.78, 5) is 16.4. The maximum absolute atomic E-state index is 13.3. The van der Waals surface area contributed by atoms with Gasteiger partial charge in [0.05, 0.1) is 29.8 Å². The first-order valence-corrected chi connectivity index (χ1v) is 11.6. The third kappa shape index (κ3) is 4.12. The van der Waals surface area contributed by atoms with E-state index < -0.39 is 43.3 Å². The first kappa shape index (κ1) is 24.6. The topological polar surface area (TPSA) is 162 Å². The fraction of sp³-hybridized carbons (Fsp3) is 0.346. The Morgan fingerprint density at radius 1 is 1.06 bits per heavy atom. The van der Waals surface area contributed by atoms with Crippen molar-refractivity contribution >= 4 is 38.4 Å². The second-order valence-corrected chi connectivity index (χ2v) is 8.82. The molecule has 0 saturated carbocycles. The van der Waals surface area contributed by atoms with Gasteiger partial charge in [0.1, 0.15) is 12.2 Å². The number of carbonyl (C=O) groups excluding carboxylic acids is 1. The lowest BCUT2D eigenvalue weighted by molar-refractivity contribution is -0.246. The Hall–Kier alpha value is -3.09. The van der Waals surface area contributed by atoms with E-state index in [4.69, 9.17) is 19.3 Å². The maximum atomic E-state index is 13.3. The third-order valence-electron chi connectivity index (χ3n) is 6.51. The van der Waals surface area contributed by atoms with Gasteiger partial charge < -0.3 is 44.7 Å². The number of fused-ring (bicyclic) bond motifs is 4. The predicted octanol–water partition coefficient (Wildman–Crippen LogP) is 1.08. The van der Waals surface area contributed by atoms with Crippen LogP contribution in [0.15, 0.2) is 48.5 Å². The number of aromatic nitrogens is 1. The average Bonchev–Trinajstić information content (AvgIpc) is 3.38. The largest absolute Gasteiger partial charge is 0.422 e. The van der Waals surface area contributed by atoms with Crippen molar-refractivity contribution in [3.63, 3.8) is 0 Å². The quantitative estimate of drug-likeness (QED) is 0.119. The van der Waals surface area contributed by atoms with Gasteiger partial charge >= 0.3 is 5.97 Å². The van der Waals surface area contributed by atoms with E-state index in [1.807, 2.05) is 48.5 Å². The molecule has 4 unspecified atom stereocenters. The second-order valence-electron chi connectivity index (χ2n) is 8.82. The highest BCUT2D eigenvalue weighted by atomic mass is 16.7. The molecule has 1 aliphatic heterocycles. The molecule has 4 atom stereocenters. The number of hydrogen-bond acceptors (Lipinski definition) is 9. The number of ether oxygens (including phenoxy) is 3. The molecule has 0 aliphatic carbocycles. The maximum Gasteiger partial charge on any atom is 0.343 e. The van der Waals surface area contributed by atoms with E-state index in [1.165, 1.54) is 0 Å². The van der Waals surface area contributed by atoms with Crippen LogP contribution < -0.4 is 4.74 Å². The second kappa shape index (κ2) is 9.75. The van der Waals surface area contributed by atoms with Crippen LogP contribution in [0.2, 0.25) is 0 Å². The summed E-state index contributed by atoms with van der Waals surface area (Å²) in [5.41, 5.74) is 0.896. The van der Waals surface area contributed by atoms with Crippen molar-refractivity contribution in [1.29, 1.82) is 0 Å². The summed E-state index contributed by atoms with van der Waals surface area (Å²) in [5.74, 6) is -3.33. The van der Waals surface area contributed by atoms with E-state index in [2.05, 4.69) is 4.98 Å². The fourth-order valence-electron chi connectivity index (χ4n) is 4.67. The number of esters is 1. The summed E-state index contributed by atoms with van der Waals surface area (Å²) in [6.45, 7) is -1.64. The standard InChI is InChI=1S/C26H27NO9/c28-8-3-9-34-22-23(36-26(33,13-30)24(22)31)25(32)35-21-19(12-29)27-18-7-6-16-10-14-4-1-2-5-15(14)11-17(16)20(18)21/h1-2,4-7,10-11,22-24,27-31,33H,3,8-9,12-13H2. The molecule has 2 heterocycles.